The van der Waals surface area contributed by atoms with Crippen LogP contribution >= 0.6 is 0 Å². The molecular formula is C16H25N3O. The quantitative estimate of drug-likeness (QED) is 0.886. The van der Waals surface area contributed by atoms with Crippen molar-refractivity contribution >= 4 is 11.6 Å². The lowest BCUT2D eigenvalue weighted by atomic mass is 9.95. The van der Waals surface area contributed by atoms with E-state index >= 15 is 0 Å². The first-order valence-corrected chi connectivity index (χ1v) is 7.31. The molecule has 0 spiro atoms. The van der Waals surface area contributed by atoms with Gasteiger partial charge in [-0.15, -0.1) is 0 Å². The molecule has 1 fully saturated rings. The maximum atomic E-state index is 12.2. The number of anilines is 1. The normalized spacial score (nSPS) is 23.6. The third-order valence-electron chi connectivity index (χ3n) is 4.17. The summed E-state index contributed by atoms with van der Waals surface area (Å²) in [5.41, 5.74) is 9.16. The van der Waals surface area contributed by atoms with Crippen LogP contribution in [0.5, 0.6) is 0 Å². The number of likely N-dealkylation sites (tertiary alicyclic amines) is 1. The zero-order valence-corrected chi connectivity index (χ0v) is 12.6. The molecule has 1 aromatic carbocycles. The van der Waals surface area contributed by atoms with E-state index in [9.17, 15) is 4.79 Å². The average Bonchev–Trinajstić information content (AvgIpc) is 2.38. The van der Waals surface area contributed by atoms with Gasteiger partial charge in [-0.1, -0.05) is 25.1 Å². The summed E-state index contributed by atoms with van der Waals surface area (Å²) in [6.45, 7) is 8.45. The van der Waals surface area contributed by atoms with Crippen molar-refractivity contribution in [1.82, 2.24) is 4.90 Å². The van der Waals surface area contributed by atoms with Crippen LogP contribution in [0.15, 0.2) is 18.2 Å². The van der Waals surface area contributed by atoms with Crippen LogP contribution in [-0.2, 0) is 4.79 Å². The first-order chi connectivity index (χ1) is 9.47. The van der Waals surface area contributed by atoms with Gasteiger partial charge in [-0.05, 0) is 37.3 Å². The van der Waals surface area contributed by atoms with Crippen LogP contribution in [-0.4, -0.2) is 36.5 Å². The van der Waals surface area contributed by atoms with Gasteiger partial charge >= 0.3 is 0 Å². The van der Waals surface area contributed by atoms with E-state index in [1.807, 2.05) is 32.0 Å². The van der Waals surface area contributed by atoms with Gasteiger partial charge in [0.05, 0.1) is 6.54 Å². The van der Waals surface area contributed by atoms with Crippen molar-refractivity contribution in [2.45, 2.75) is 33.2 Å². The van der Waals surface area contributed by atoms with Crippen molar-refractivity contribution in [2.24, 2.45) is 11.7 Å². The molecule has 0 aliphatic carbocycles. The molecule has 0 saturated carbocycles. The second kappa shape index (κ2) is 6.37. The van der Waals surface area contributed by atoms with Crippen LogP contribution < -0.4 is 11.1 Å². The Kier molecular flexibility index (Phi) is 4.78. The van der Waals surface area contributed by atoms with E-state index < -0.39 is 0 Å². The number of hydrogen-bond acceptors (Lipinski definition) is 3. The number of nitrogens with one attached hydrogen (secondary N) is 1. The van der Waals surface area contributed by atoms with Crippen LogP contribution in [0.4, 0.5) is 5.69 Å². The number of amides is 1. The molecule has 3 N–H and O–H groups in total. The number of rotatable bonds is 3. The maximum absolute atomic E-state index is 12.2. The van der Waals surface area contributed by atoms with Crippen molar-refractivity contribution in [3.8, 4) is 0 Å². The molecule has 1 aliphatic heterocycles. The van der Waals surface area contributed by atoms with E-state index in [1.54, 1.807) is 0 Å². The first-order valence-electron chi connectivity index (χ1n) is 7.31. The number of para-hydroxylation sites is 1. The van der Waals surface area contributed by atoms with Crippen LogP contribution in [0.25, 0.3) is 0 Å². The third kappa shape index (κ3) is 3.58. The summed E-state index contributed by atoms with van der Waals surface area (Å²) in [6, 6.07) is 6.32. The van der Waals surface area contributed by atoms with Gasteiger partial charge in [0.2, 0.25) is 5.91 Å². The summed E-state index contributed by atoms with van der Waals surface area (Å²) >= 11 is 0. The highest BCUT2D eigenvalue weighted by atomic mass is 16.2. The fourth-order valence-electron chi connectivity index (χ4n) is 2.79. The summed E-state index contributed by atoms with van der Waals surface area (Å²) in [4.78, 5) is 14.4. The lowest BCUT2D eigenvalue weighted by molar-refractivity contribution is -0.117. The van der Waals surface area contributed by atoms with Gasteiger partial charge in [0.15, 0.2) is 0 Å². The van der Waals surface area contributed by atoms with Gasteiger partial charge < -0.3 is 11.1 Å². The van der Waals surface area contributed by atoms with Crippen LogP contribution in [0.1, 0.15) is 24.5 Å². The molecule has 2 rings (SSSR count). The van der Waals surface area contributed by atoms with Crippen LogP contribution in [0.2, 0.25) is 0 Å². The van der Waals surface area contributed by atoms with Gasteiger partial charge in [-0.3, -0.25) is 9.69 Å². The van der Waals surface area contributed by atoms with Crippen molar-refractivity contribution in [2.75, 3.05) is 25.0 Å². The second-order valence-corrected chi connectivity index (χ2v) is 5.98. The van der Waals surface area contributed by atoms with E-state index in [0.29, 0.717) is 12.5 Å². The highest BCUT2D eigenvalue weighted by molar-refractivity contribution is 5.93. The molecule has 20 heavy (non-hydrogen) atoms. The van der Waals surface area contributed by atoms with E-state index in [2.05, 4.69) is 17.1 Å². The predicted molar refractivity (Wildman–Crippen MR) is 82.7 cm³/mol. The molecule has 0 aromatic heterocycles. The third-order valence-corrected chi connectivity index (χ3v) is 4.17. The summed E-state index contributed by atoms with van der Waals surface area (Å²) in [6.07, 6.45) is 0.970. The van der Waals surface area contributed by atoms with Gasteiger partial charge in [0.25, 0.3) is 0 Å². The molecule has 1 aliphatic rings. The highest BCUT2D eigenvalue weighted by Gasteiger charge is 2.24. The largest absolute Gasteiger partial charge is 0.327 e. The first kappa shape index (κ1) is 15.0. The Bertz CT molecular complexity index is 466. The number of nitrogens with zero attached hydrogens (tertiary/aromatic N) is 1. The second-order valence-electron chi connectivity index (χ2n) is 5.98. The lowest BCUT2D eigenvalue weighted by Gasteiger charge is -2.34. The Morgan fingerprint density at radius 2 is 2.05 bits per heavy atom. The summed E-state index contributed by atoms with van der Waals surface area (Å²) in [5, 5.41) is 3.04. The zero-order valence-electron chi connectivity index (χ0n) is 12.6. The summed E-state index contributed by atoms with van der Waals surface area (Å²) in [7, 11) is 0. The lowest BCUT2D eigenvalue weighted by Crippen LogP contribution is -2.48. The van der Waals surface area contributed by atoms with E-state index in [0.717, 1.165) is 36.3 Å². The SMILES string of the molecule is Cc1cccc(C)c1NC(=O)CN1CCC(N)C(C)C1. The number of piperidine rings is 1. The molecule has 2 unspecified atom stereocenters. The van der Waals surface area contributed by atoms with Gasteiger partial charge in [-0.25, -0.2) is 0 Å². The standard InChI is InChI=1S/C16H25N3O/c1-11-5-4-6-12(2)16(11)18-15(20)10-19-8-7-14(17)13(3)9-19/h4-6,13-14H,7-10,17H2,1-3H3,(H,18,20). The molecule has 1 heterocycles. The predicted octanol–water partition coefficient (Wildman–Crippen LogP) is 1.91. The maximum Gasteiger partial charge on any atom is 0.238 e. The van der Waals surface area contributed by atoms with Gasteiger partial charge in [0, 0.05) is 24.8 Å². The molecule has 1 saturated heterocycles. The van der Waals surface area contributed by atoms with Crippen LogP contribution in [0.3, 0.4) is 0 Å². The van der Waals surface area contributed by atoms with E-state index in [-0.39, 0.29) is 11.9 Å². The molecule has 2 atom stereocenters. The Hall–Kier alpha value is -1.39. The summed E-state index contributed by atoms with van der Waals surface area (Å²) < 4.78 is 0. The zero-order chi connectivity index (χ0) is 14.7. The molecular weight excluding hydrogens is 250 g/mol. The van der Waals surface area contributed by atoms with Crippen LogP contribution in [0, 0.1) is 19.8 Å². The number of carbonyl (C=O) groups excluding carboxylic acids is 1. The number of nitrogens with two attached hydrogens (primary N) is 1. The molecule has 4 heteroatoms. The van der Waals surface area contributed by atoms with Crippen molar-refractivity contribution in [3.05, 3.63) is 29.3 Å². The minimum absolute atomic E-state index is 0.0603. The molecule has 0 radical (unpaired) electrons. The number of aryl methyl sites for hydroxylation is 2. The molecule has 1 aromatic rings. The monoisotopic (exact) mass is 275 g/mol. The molecule has 1 amide bonds. The molecule has 110 valence electrons. The summed E-state index contributed by atoms with van der Waals surface area (Å²) in [5.74, 6) is 0.516. The fraction of sp³-hybridized carbons (Fsp3) is 0.562. The highest BCUT2D eigenvalue weighted by Crippen LogP contribution is 2.20. The fourth-order valence-corrected chi connectivity index (χ4v) is 2.79. The minimum atomic E-state index is 0.0603. The van der Waals surface area contributed by atoms with Crippen molar-refractivity contribution in [1.29, 1.82) is 0 Å². The number of hydrogen-bond donors (Lipinski definition) is 2. The average molecular weight is 275 g/mol. The van der Waals surface area contributed by atoms with E-state index in [1.165, 1.54) is 0 Å². The minimum Gasteiger partial charge on any atom is -0.327 e. The molecule has 0 bridgehead atoms. The van der Waals surface area contributed by atoms with Gasteiger partial charge in [-0.2, -0.15) is 0 Å². The topological polar surface area (TPSA) is 58.4 Å². The van der Waals surface area contributed by atoms with E-state index in [4.69, 9.17) is 5.73 Å². The molecule has 4 nitrogen and oxygen atoms in total. The Morgan fingerprint density at radius 1 is 1.40 bits per heavy atom. The Labute approximate surface area is 121 Å². The van der Waals surface area contributed by atoms with Crippen molar-refractivity contribution in [3.63, 3.8) is 0 Å². The number of benzene rings is 1. The Morgan fingerprint density at radius 3 is 2.65 bits per heavy atom. The Balaban J connectivity index is 1.93. The smallest absolute Gasteiger partial charge is 0.238 e. The van der Waals surface area contributed by atoms with Gasteiger partial charge in [0.1, 0.15) is 0 Å². The van der Waals surface area contributed by atoms with Crippen molar-refractivity contribution < 1.29 is 4.79 Å². The number of carbonyl (C=O) groups is 1.